The van der Waals surface area contributed by atoms with Gasteiger partial charge >= 0.3 is 11.9 Å². The summed E-state index contributed by atoms with van der Waals surface area (Å²) < 4.78 is 17.2. The normalized spacial score (nSPS) is 13.5. The number of ether oxygens (including phenoxy) is 3. The summed E-state index contributed by atoms with van der Waals surface area (Å²) in [5.41, 5.74) is 1.12. The molecule has 5 heteroatoms. The fraction of sp³-hybridized carbons (Fsp3) is 0.462. The molecule has 0 aliphatic rings. The molecule has 31 heavy (non-hydrogen) atoms. The van der Waals surface area contributed by atoms with Crippen LogP contribution in [-0.2, 0) is 37.0 Å². The molecule has 2 aromatic carbocycles. The van der Waals surface area contributed by atoms with Crippen molar-refractivity contribution in [3.8, 4) is 0 Å². The van der Waals surface area contributed by atoms with Gasteiger partial charge in [0.1, 0.15) is 12.2 Å². The van der Waals surface area contributed by atoms with Gasteiger partial charge in [0.25, 0.3) is 0 Å². The Labute approximate surface area is 185 Å². The third-order valence-electron chi connectivity index (χ3n) is 4.53. The molecule has 0 bridgehead atoms. The number of esters is 2. The first-order valence-corrected chi connectivity index (χ1v) is 10.7. The van der Waals surface area contributed by atoms with Gasteiger partial charge in [-0.3, -0.25) is 4.79 Å². The number of rotatable bonds is 10. The molecule has 2 atom stereocenters. The summed E-state index contributed by atoms with van der Waals surface area (Å²) in [7, 11) is 0. The zero-order valence-corrected chi connectivity index (χ0v) is 19.2. The highest BCUT2D eigenvalue weighted by atomic mass is 16.6. The van der Waals surface area contributed by atoms with Gasteiger partial charge in [0, 0.05) is 0 Å². The van der Waals surface area contributed by atoms with Gasteiger partial charge in [0.15, 0.2) is 6.10 Å². The van der Waals surface area contributed by atoms with Crippen molar-refractivity contribution in [2.24, 2.45) is 11.8 Å². The van der Waals surface area contributed by atoms with Crippen molar-refractivity contribution in [3.63, 3.8) is 0 Å². The van der Waals surface area contributed by atoms with Crippen molar-refractivity contribution < 1.29 is 23.8 Å². The molecule has 0 aliphatic carbocycles. The van der Waals surface area contributed by atoms with E-state index in [4.69, 9.17) is 14.2 Å². The van der Waals surface area contributed by atoms with Crippen molar-refractivity contribution in [3.05, 3.63) is 71.8 Å². The molecular weight excluding hydrogens is 392 g/mol. The van der Waals surface area contributed by atoms with Crippen LogP contribution in [0.2, 0.25) is 0 Å². The molecule has 0 aliphatic heterocycles. The molecule has 168 valence electrons. The Kier molecular flexibility index (Phi) is 9.25. The zero-order valence-electron chi connectivity index (χ0n) is 19.2. The maximum Gasteiger partial charge on any atom is 0.336 e. The second kappa shape index (κ2) is 11.7. The van der Waals surface area contributed by atoms with Crippen LogP contribution in [0.3, 0.4) is 0 Å². The second-order valence-corrected chi connectivity index (χ2v) is 9.08. The Bertz CT molecular complexity index is 809. The van der Waals surface area contributed by atoms with Crippen LogP contribution < -0.4 is 0 Å². The molecule has 2 aromatic rings. The lowest BCUT2D eigenvalue weighted by Crippen LogP contribution is -2.42. The van der Waals surface area contributed by atoms with Gasteiger partial charge in [-0.2, -0.15) is 0 Å². The van der Waals surface area contributed by atoms with E-state index in [2.05, 4.69) is 0 Å². The maximum atomic E-state index is 13.1. The minimum absolute atomic E-state index is 0.119. The predicted octanol–water partition coefficient (Wildman–Crippen LogP) is 5.32. The topological polar surface area (TPSA) is 61.8 Å². The van der Waals surface area contributed by atoms with Crippen LogP contribution in [0.25, 0.3) is 0 Å². The van der Waals surface area contributed by atoms with Crippen LogP contribution >= 0.6 is 0 Å². The van der Waals surface area contributed by atoms with E-state index in [9.17, 15) is 9.59 Å². The molecule has 0 fully saturated rings. The molecular formula is C26H34O5. The number of hydrogen-bond acceptors (Lipinski definition) is 5. The summed E-state index contributed by atoms with van der Waals surface area (Å²) in [4.78, 5) is 26.1. The Morgan fingerprint density at radius 3 is 1.81 bits per heavy atom. The summed E-state index contributed by atoms with van der Waals surface area (Å²) in [6.45, 7) is 9.75. The molecule has 2 unspecified atom stereocenters. The van der Waals surface area contributed by atoms with Gasteiger partial charge in [-0.05, 0) is 44.2 Å². The Morgan fingerprint density at radius 1 is 0.806 bits per heavy atom. The molecule has 0 heterocycles. The van der Waals surface area contributed by atoms with Crippen molar-refractivity contribution in [1.29, 1.82) is 0 Å². The van der Waals surface area contributed by atoms with E-state index in [1.54, 1.807) is 0 Å². The molecule has 0 saturated heterocycles. The van der Waals surface area contributed by atoms with Crippen LogP contribution in [0.4, 0.5) is 0 Å². The van der Waals surface area contributed by atoms with Gasteiger partial charge in [-0.15, -0.1) is 0 Å². The van der Waals surface area contributed by atoms with Crippen molar-refractivity contribution in [2.75, 3.05) is 0 Å². The molecule has 5 nitrogen and oxygen atoms in total. The average Bonchev–Trinajstić information content (AvgIpc) is 2.71. The summed E-state index contributed by atoms with van der Waals surface area (Å²) in [6.07, 6.45) is -0.601. The highest BCUT2D eigenvalue weighted by Gasteiger charge is 2.39. The molecule has 0 saturated carbocycles. The summed E-state index contributed by atoms with van der Waals surface area (Å²) in [5.74, 6) is -1.60. The average molecular weight is 427 g/mol. The smallest absolute Gasteiger partial charge is 0.336 e. The number of carbonyl (C=O) groups excluding carboxylic acids is 2. The zero-order chi connectivity index (χ0) is 22.9. The molecule has 0 amide bonds. The number of carbonyl (C=O) groups is 2. The van der Waals surface area contributed by atoms with E-state index in [0.29, 0.717) is 6.42 Å². The van der Waals surface area contributed by atoms with Crippen LogP contribution in [0.15, 0.2) is 60.7 Å². The summed E-state index contributed by atoms with van der Waals surface area (Å²) >= 11 is 0. The van der Waals surface area contributed by atoms with Crippen LogP contribution in [0.5, 0.6) is 0 Å². The standard InChI is InChI=1S/C26H34O5/c1-19(2)16-22(24(27)31-26(3,4)5)23(29-17-20-12-8-6-9-13-20)25(28)30-18-21-14-10-7-11-15-21/h6-15,19,22-23H,16-18H2,1-5H3. The minimum Gasteiger partial charge on any atom is -0.460 e. The quantitative estimate of drug-likeness (QED) is 0.481. The van der Waals surface area contributed by atoms with Gasteiger partial charge in [0.2, 0.25) is 0 Å². The first-order valence-electron chi connectivity index (χ1n) is 10.7. The summed E-state index contributed by atoms with van der Waals surface area (Å²) in [6, 6.07) is 19.0. The SMILES string of the molecule is CC(C)CC(C(=O)OC(C)(C)C)C(OCc1ccccc1)C(=O)OCc1ccccc1. The van der Waals surface area contributed by atoms with E-state index in [1.165, 1.54) is 0 Å². The lowest BCUT2D eigenvalue weighted by molar-refractivity contribution is -0.179. The first kappa shape index (κ1) is 24.6. The molecule has 0 spiro atoms. The highest BCUT2D eigenvalue weighted by Crippen LogP contribution is 2.25. The fourth-order valence-electron chi connectivity index (χ4n) is 3.15. The molecule has 0 aromatic heterocycles. The monoisotopic (exact) mass is 426 g/mol. The largest absolute Gasteiger partial charge is 0.460 e. The van der Waals surface area contributed by atoms with Crippen LogP contribution in [-0.4, -0.2) is 23.6 Å². The second-order valence-electron chi connectivity index (χ2n) is 9.08. The van der Waals surface area contributed by atoms with E-state index in [-0.39, 0.29) is 19.1 Å². The highest BCUT2D eigenvalue weighted by molar-refractivity contribution is 5.84. The first-order chi connectivity index (χ1) is 14.7. The van der Waals surface area contributed by atoms with Crippen LogP contribution in [0.1, 0.15) is 52.2 Å². The van der Waals surface area contributed by atoms with E-state index < -0.39 is 29.6 Å². The third kappa shape index (κ3) is 8.93. The molecule has 0 radical (unpaired) electrons. The van der Waals surface area contributed by atoms with Crippen molar-refractivity contribution in [1.82, 2.24) is 0 Å². The number of hydrogen-bond donors (Lipinski definition) is 0. The van der Waals surface area contributed by atoms with E-state index in [0.717, 1.165) is 11.1 Å². The summed E-state index contributed by atoms with van der Waals surface area (Å²) in [5, 5.41) is 0. The molecule has 2 rings (SSSR count). The maximum absolute atomic E-state index is 13.1. The Hall–Kier alpha value is -2.66. The van der Waals surface area contributed by atoms with Crippen LogP contribution in [0, 0.1) is 11.8 Å². The van der Waals surface area contributed by atoms with Gasteiger partial charge in [0.05, 0.1) is 12.5 Å². The van der Waals surface area contributed by atoms with Gasteiger partial charge in [-0.1, -0.05) is 74.5 Å². The Balaban J connectivity index is 2.22. The van der Waals surface area contributed by atoms with E-state index >= 15 is 0 Å². The van der Waals surface area contributed by atoms with Gasteiger partial charge in [-0.25, -0.2) is 4.79 Å². The van der Waals surface area contributed by atoms with Gasteiger partial charge < -0.3 is 14.2 Å². The number of benzene rings is 2. The van der Waals surface area contributed by atoms with Crippen molar-refractivity contribution >= 4 is 11.9 Å². The fourth-order valence-corrected chi connectivity index (χ4v) is 3.15. The third-order valence-corrected chi connectivity index (χ3v) is 4.53. The lowest BCUT2D eigenvalue weighted by atomic mass is 9.91. The molecule has 0 N–H and O–H groups in total. The minimum atomic E-state index is -1.05. The van der Waals surface area contributed by atoms with E-state index in [1.807, 2.05) is 95.3 Å². The lowest BCUT2D eigenvalue weighted by Gasteiger charge is -2.29. The Morgan fingerprint density at radius 2 is 1.32 bits per heavy atom. The van der Waals surface area contributed by atoms with Crippen molar-refractivity contribution in [2.45, 2.75) is 66.0 Å². The predicted molar refractivity (Wildman–Crippen MR) is 120 cm³/mol.